The van der Waals surface area contributed by atoms with Gasteiger partial charge in [-0.3, -0.25) is 4.79 Å². The zero-order valence-electron chi connectivity index (χ0n) is 16.4. The van der Waals surface area contributed by atoms with E-state index in [1.54, 1.807) is 45.0 Å². The first-order valence-electron chi connectivity index (χ1n) is 9.18. The first-order chi connectivity index (χ1) is 13.6. The average molecular weight is 407 g/mol. The van der Waals surface area contributed by atoms with E-state index in [1.165, 1.54) is 12.1 Å². The number of nitrogens with one attached hydrogen (secondary N) is 3. The van der Waals surface area contributed by atoms with Crippen LogP contribution in [0.25, 0.3) is 0 Å². The Kier molecular flexibility index (Phi) is 7.25. The molecule has 0 aliphatic rings. The number of hydrogen-bond donors (Lipinski definition) is 3. The van der Waals surface area contributed by atoms with Crippen LogP contribution < -0.4 is 16.0 Å². The Balaban J connectivity index is 2.04. The summed E-state index contributed by atoms with van der Waals surface area (Å²) < 4.78 is 38.7. The number of rotatable bonds is 6. The SMILES string of the molecule is CC(NC(=O)C(NC(=O)Nc1ccccc1)C(C)C)c1cccc(C(F)(F)F)c1. The maximum atomic E-state index is 12.9. The van der Waals surface area contributed by atoms with Crippen LogP contribution in [0.1, 0.15) is 37.9 Å². The van der Waals surface area contributed by atoms with Gasteiger partial charge in [-0.15, -0.1) is 0 Å². The summed E-state index contributed by atoms with van der Waals surface area (Å²) in [6.45, 7) is 5.12. The van der Waals surface area contributed by atoms with Crippen molar-refractivity contribution in [3.05, 3.63) is 65.7 Å². The molecule has 2 unspecified atom stereocenters. The van der Waals surface area contributed by atoms with Gasteiger partial charge in [-0.25, -0.2) is 4.79 Å². The number of anilines is 1. The lowest BCUT2D eigenvalue weighted by Gasteiger charge is -2.24. The predicted molar refractivity (Wildman–Crippen MR) is 105 cm³/mol. The Bertz CT molecular complexity index is 839. The van der Waals surface area contributed by atoms with Gasteiger partial charge in [0.25, 0.3) is 0 Å². The lowest BCUT2D eigenvalue weighted by Crippen LogP contribution is -2.51. The summed E-state index contributed by atoms with van der Waals surface area (Å²) in [6, 6.07) is 11.5. The molecule has 0 saturated heterocycles. The molecule has 0 radical (unpaired) electrons. The molecule has 0 aliphatic heterocycles. The molecule has 2 aromatic rings. The molecule has 156 valence electrons. The molecule has 2 aromatic carbocycles. The third kappa shape index (κ3) is 6.51. The summed E-state index contributed by atoms with van der Waals surface area (Å²) >= 11 is 0. The Morgan fingerprint density at radius 1 is 0.897 bits per heavy atom. The molecular weight excluding hydrogens is 383 g/mol. The van der Waals surface area contributed by atoms with Crippen LogP contribution in [-0.4, -0.2) is 18.0 Å². The largest absolute Gasteiger partial charge is 0.416 e. The summed E-state index contributed by atoms with van der Waals surface area (Å²) in [5, 5.41) is 7.93. The number of hydrogen-bond acceptors (Lipinski definition) is 2. The second-order valence-electron chi connectivity index (χ2n) is 7.04. The number of carbonyl (C=O) groups is 2. The zero-order chi connectivity index (χ0) is 21.6. The quantitative estimate of drug-likeness (QED) is 0.648. The van der Waals surface area contributed by atoms with E-state index in [4.69, 9.17) is 0 Å². The van der Waals surface area contributed by atoms with Crippen molar-refractivity contribution in [1.82, 2.24) is 10.6 Å². The van der Waals surface area contributed by atoms with Crippen molar-refractivity contribution >= 4 is 17.6 Å². The Labute approximate surface area is 167 Å². The third-order valence-corrected chi connectivity index (χ3v) is 4.34. The zero-order valence-corrected chi connectivity index (χ0v) is 16.4. The van der Waals surface area contributed by atoms with E-state index in [0.29, 0.717) is 11.3 Å². The molecule has 2 rings (SSSR count). The van der Waals surface area contributed by atoms with Crippen LogP contribution in [0.5, 0.6) is 0 Å². The van der Waals surface area contributed by atoms with Gasteiger partial charge in [-0.2, -0.15) is 13.2 Å². The minimum Gasteiger partial charge on any atom is -0.348 e. The fraction of sp³-hybridized carbons (Fsp3) is 0.333. The molecule has 0 bridgehead atoms. The van der Waals surface area contributed by atoms with Crippen LogP contribution in [0.3, 0.4) is 0 Å². The molecule has 5 nitrogen and oxygen atoms in total. The second-order valence-corrected chi connectivity index (χ2v) is 7.04. The van der Waals surface area contributed by atoms with Gasteiger partial charge in [0.2, 0.25) is 5.91 Å². The first kappa shape index (κ1) is 22.3. The monoisotopic (exact) mass is 407 g/mol. The van der Waals surface area contributed by atoms with Crippen LogP contribution in [0, 0.1) is 5.92 Å². The van der Waals surface area contributed by atoms with E-state index in [0.717, 1.165) is 12.1 Å². The minimum atomic E-state index is -4.46. The van der Waals surface area contributed by atoms with Crippen molar-refractivity contribution < 1.29 is 22.8 Å². The summed E-state index contributed by atoms with van der Waals surface area (Å²) in [6.07, 6.45) is -4.46. The van der Waals surface area contributed by atoms with Crippen LogP contribution >= 0.6 is 0 Å². The minimum absolute atomic E-state index is 0.231. The molecule has 0 fully saturated rings. The molecule has 0 saturated carbocycles. The highest BCUT2D eigenvalue weighted by atomic mass is 19.4. The van der Waals surface area contributed by atoms with Gasteiger partial charge in [-0.1, -0.05) is 44.2 Å². The van der Waals surface area contributed by atoms with E-state index >= 15 is 0 Å². The molecule has 2 atom stereocenters. The van der Waals surface area contributed by atoms with Gasteiger partial charge in [0.05, 0.1) is 11.6 Å². The highest BCUT2D eigenvalue weighted by Gasteiger charge is 2.31. The number of para-hydroxylation sites is 1. The number of halogens is 3. The lowest BCUT2D eigenvalue weighted by atomic mass is 10.0. The molecule has 3 N–H and O–H groups in total. The summed E-state index contributed by atoms with van der Waals surface area (Å²) in [4.78, 5) is 24.9. The van der Waals surface area contributed by atoms with Crippen molar-refractivity contribution in [3.8, 4) is 0 Å². The van der Waals surface area contributed by atoms with E-state index in [1.807, 2.05) is 6.07 Å². The number of carbonyl (C=O) groups excluding carboxylic acids is 2. The van der Waals surface area contributed by atoms with Crippen molar-refractivity contribution in [3.63, 3.8) is 0 Å². The maximum absolute atomic E-state index is 12.9. The summed E-state index contributed by atoms with van der Waals surface area (Å²) in [5.74, 6) is -0.710. The van der Waals surface area contributed by atoms with E-state index in [2.05, 4.69) is 16.0 Å². The van der Waals surface area contributed by atoms with E-state index < -0.39 is 35.8 Å². The fourth-order valence-corrected chi connectivity index (χ4v) is 2.74. The van der Waals surface area contributed by atoms with Gasteiger partial charge < -0.3 is 16.0 Å². The fourth-order valence-electron chi connectivity index (χ4n) is 2.74. The smallest absolute Gasteiger partial charge is 0.348 e. The molecule has 0 heterocycles. The van der Waals surface area contributed by atoms with E-state index in [-0.39, 0.29) is 5.92 Å². The molecular formula is C21H24F3N3O2. The third-order valence-electron chi connectivity index (χ3n) is 4.34. The van der Waals surface area contributed by atoms with Crippen LogP contribution in [0.4, 0.5) is 23.7 Å². The van der Waals surface area contributed by atoms with Crippen LogP contribution in [0.15, 0.2) is 54.6 Å². The molecule has 29 heavy (non-hydrogen) atoms. The van der Waals surface area contributed by atoms with Gasteiger partial charge in [0, 0.05) is 5.69 Å². The van der Waals surface area contributed by atoms with Crippen LogP contribution in [0.2, 0.25) is 0 Å². The van der Waals surface area contributed by atoms with Crippen molar-refractivity contribution in [1.29, 1.82) is 0 Å². The molecule has 0 spiro atoms. The van der Waals surface area contributed by atoms with Crippen molar-refractivity contribution in [2.24, 2.45) is 5.92 Å². The molecule has 0 aromatic heterocycles. The molecule has 8 heteroatoms. The summed E-state index contributed by atoms with van der Waals surface area (Å²) in [7, 11) is 0. The standard InChI is InChI=1S/C21H24F3N3O2/c1-13(2)18(27-20(29)26-17-10-5-4-6-11-17)19(28)25-14(3)15-8-7-9-16(12-15)21(22,23)24/h4-14,18H,1-3H3,(H,25,28)(H2,26,27,29). The van der Waals surface area contributed by atoms with Gasteiger partial charge in [0.1, 0.15) is 6.04 Å². The topological polar surface area (TPSA) is 70.2 Å². The number of benzene rings is 2. The van der Waals surface area contributed by atoms with Crippen LogP contribution in [-0.2, 0) is 11.0 Å². The Morgan fingerprint density at radius 2 is 1.55 bits per heavy atom. The highest BCUT2D eigenvalue weighted by molar-refractivity contribution is 5.93. The highest BCUT2D eigenvalue weighted by Crippen LogP contribution is 2.30. The molecule has 3 amide bonds. The number of urea groups is 1. The maximum Gasteiger partial charge on any atom is 0.416 e. The lowest BCUT2D eigenvalue weighted by molar-refractivity contribution is -0.137. The average Bonchev–Trinajstić information content (AvgIpc) is 2.66. The normalized spacial score (nSPS) is 13.5. The van der Waals surface area contributed by atoms with Crippen molar-refractivity contribution in [2.75, 3.05) is 5.32 Å². The van der Waals surface area contributed by atoms with Crippen molar-refractivity contribution in [2.45, 2.75) is 39.0 Å². The van der Waals surface area contributed by atoms with Gasteiger partial charge in [0.15, 0.2) is 0 Å². The number of amides is 3. The van der Waals surface area contributed by atoms with Gasteiger partial charge >= 0.3 is 12.2 Å². The first-order valence-corrected chi connectivity index (χ1v) is 9.18. The Hall–Kier alpha value is -3.03. The van der Waals surface area contributed by atoms with Gasteiger partial charge in [-0.05, 0) is 42.7 Å². The summed E-state index contributed by atoms with van der Waals surface area (Å²) in [5.41, 5.74) is 0.117. The predicted octanol–water partition coefficient (Wildman–Crippen LogP) is 4.73. The molecule has 0 aliphatic carbocycles. The Morgan fingerprint density at radius 3 is 2.14 bits per heavy atom. The van der Waals surface area contributed by atoms with E-state index in [9.17, 15) is 22.8 Å². The second kappa shape index (κ2) is 9.45. The number of alkyl halides is 3.